The Labute approximate surface area is 117 Å². The van der Waals surface area contributed by atoms with Crippen molar-refractivity contribution in [1.82, 2.24) is 19.5 Å². The summed E-state index contributed by atoms with van der Waals surface area (Å²) in [5, 5.41) is 18.8. The first-order valence-electron chi connectivity index (χ1n) is 5.89. The largest absolute Gasteiger partial charge is 0.394 e. The fourth-order valence-electron chi connectivity index (χ4n) is 2.27. The van der Waals surface area contributed by atoms with E-state index in [9.17, 15) is 9.90 Å². The predicted octanol–water partition coefficient (Wildman–Crippen LogP) is -1.00. The van der Waals surface area contributed by atoms with Crippen molar-refractivity contribution in [3.8, 4) is 0 Å². The van der Waals surface area contributed by atoms with Gasteiger partial charge in [0.2, 0.25) is 11.2 Å². The minimum Gasteiger partial charge on any atom is -0.394 e. The maximum absolute atomic E-state index is 11.7. The summed E-state index contributed by atoms with van der Waals surface area (Å²) >= 11 is 6.00. The number of fused-ring (bicyclic) bond motifs is 1. The molecule has 9 nitrogen and oxygen atoms in total. The van der Waals surface area contributed by atoms with E-state index in [4.69, 9.17) is 27.2 Å². The zero-order valence-electron chi connectivity index (χ0n) is 10.2. The summed E-state index contributed by atoms with van der Waals surface area (Å²) < 4.78 is 6.86. The molecule has 3 heterocycles. The van der Waals surface area contributed by atoms with Crippen LogP contribution in [0.2, 0.25) is 5.28 Å². The Hall–Kier alpha value is -1.68. The molecule has 5 N–H and O–H groups in total. The Morgan fingerprint density at radius 1 is 1.55 bits per heavy atom. The second kappa shape index (κ2) is 4.70. The minimum absolute atomic E-state index is 0.000565. The van der Waals surface area contributed by atoms with Gasteiger partial charge in [-0.25, -0.2) is 4.98 Å². The third-order valence-electron chi connectivity index (χ3n) is 3.20. The van der Waals surface area contributed by atoms with Crippen LogP contribution in [0.25, 0.3) is 11.2 Å². The molecule has 3 atom stereocenters. The van der Waals surface area contributed by atoms with Gasteiger partial charge in [-0.2, -0.15) is 4.98 Å². The molecule has 1 aliphatic heterocycles. The van der Waals surface area contributed by atoms with Crippen LogP contribution in [-0.2, 0) is 4.74 Å². The first-order chi connectivity index (χ1) is 9.51. The van der Waals surface area contributed by atoms with Gasteiger partial charge in [0.15, 0.2) is 11.2 Å². The van der Waals surface area contributed by atoms with E-state index in [1.807, 2.05) is 0 Å². The quantitative estimate of drug-likeness (QED) is 0.521. The second-order valence-corrected chi connectivity index (χ2v) is 4.83. The van der Waals surface area contributed by atoms with Crippen molar-refractivity contribution in [2.45, 2.75) is 24.9 Å². The molecule has 3 rings (SSSR count). The molecule has 0 aromatic carbocycles. The topological polar surface area (TPSA) is 139 Å². The van der Waals surface area contributed by atoms with Crippen LogP contribution >= 0.6 is 11.6 Å². The van der Waals surface area contributed by atoms with E-state index in [-0.39, 0.29) is 35.4 Å². The standard InChI is InChI=1S/C10H12ClN5O4/c11-9-13-6-7(14-10(12)15-8(6)19)16(9)5-1-3(18)4(2-17)20-5/h3-5,17-18H,1-2H2,(H3,12,14,15,19)/t3-,4-,5-/m1/s1. The molecular weight excluding hydrogens is 290 g/mol. The lowest BCUT2D eigenvalue weighted by Crippen LogP contribution is -2.24. The van der Waals surface area contributed by atoms with E-state index < -0.39 is 24.0 Å². The number of imidazole rings is 1. The molecule has 0 saturated carbocycles. The van der Waals surface area contributed by atoms with Gasteiger partial charge >= 0.3 is 0 Å². The maximum atomic E-state index is 11.7. The van der Waals surface area contributed by atoms with Crippen LogP contribution in [0.15, 0.2) is 4.79 Å². The minimum atomic E-state index is -0.835. The van der Waals surface area contributed by atoms with Crippen molar-refractivity contribution >= 4 is 28.7 Å². The van der Waals surface area contributed by atoms with Crippen LogP contribution in [0.1, 0.15) is 12.6 Å². The molecule has 1 saturated heterocycles. The molecular formula is C10H12ClN5O4. The smallest absolute Gasteiger partial charge is 0.280 e. The van der Waals surface area contributed by atoms with Crippen molar-refractivity contribution in [3.05, 3.63) is 15.6 Å². The number of rotatable bonds is 2. The van der Waals surface area contributed by atoms with Crippen molar-refractivity contribution < 1.29 is 14.9 Å². The Morgan fingerprint density at radius 2 is 2.30 bits per heavy atom. The third-order valence-corrected chi connectivity index (χ3v) is 3.46. The number of ether oxygens (including phenoxy) is 1. The maximum Gasteiger partial charge on any atom is 0.280 e. The second-order valence-electron chi connectivity index (χ2n) is 4.49. The summed E-state index contributed by atoms with van der Waals surface area (Å²) in [5.74, 6) is -0.0717. The van der Waals surface area contributed by atoms with Gasteiger partial charge in [0.25, 0.3) is 5.56 Å². The molecule has 0 bridgehead atoms. The number of anilines is 1. The number of hydrogen-bond donors (Lipinski definition) is 4. The molecule has 0 amide bonds. The highest BCUT2D eigenvalue weighted by molar-refractivity contribution is 6.29. The summed E-state index contributed by atoms with van der Waals surface area (Å²) in [6.45, 7) is -0.321. The van der Waals surface area contributed by atoms with Crippen molar-refractivity contribution in [1.29, 1.82) is 0 Å². The fourth-order valence-corrected chi connectivity index (χ4v) is 2.54. The third kappa shape index (κ3) is 1.95. The Morgan fingerprint density at radius 3 is 2.95 bits per heavy atom. The van der Waals surface area contributed by atoms with Crippen LogP contribution in [-0.4, -0.2) is 48.5 Å². The number of nitrogens with one attached hydrogen (secondary N) is 1. The molecule has 108 valence electrons. The molecule has 1 aliphatic rings. The molecule has 0 spiro atoms. The highest BCUT2D eigenvalue weighted by Gasteiger charge is 2.36. The van der Waals surface area contributed by atoms with Crippen LogP contribution in [0.5, 0.6) is 0 Å². The Balaban J connectivity index is 2.13. The lowest BCUT2D eigenvalue weighted by Gasteiger charge is -2.14. The highest BCUT2D eigenvalue weighted by atomic mass is 35.5. The van der Waals surface area contributed by atoms with Gasteiger partial charge in [0.1, 0.15) is 12.3 Å². The number of aromatic nitrogens is 4. The van der Waals surface area contributed by atoms with Crippen LogP contribution in [0.3, 0.4) is 0 Å². The van der Waals surface area contributed by atoms with Crippen molar-refractivity contribution in [2.75, 3.05) is 12.3 Å². The van der Waals surface area contributed by atoms with E-state index in [0.717, 1.165) is 0 Å². The number of nitrogen functional groups attached to an aromatic ring is 1. The summed E-state index contributed by atoms with van der Waals surface area (Å²) in [4.78, 5) is 22.0. The molecule has 1 fully saturated rings. The molecule has 0 aliphatic carbocycles. The summed E-state index contributed by atoms with van der Waals surface area (Å²) in [6, 6.07) is 0. The average Bonchev–Trinajstić information content (AvgIpc) is 2.89. The van der Waals surface area contributed by atoms with Gasteiger partial charge in [-0.1, -0.05) is 0 Å². The zero-order chi connectivity index (χ0) is 14.4. The number of halogens is 1. The zero-order valence-corrected chi connectivity index (χ0v) is 10.9. The fraction of sp³-hybridized carbons (Fsp3) is 0.500. The number of nitrogens with two attached hydrogens (primary N) is 1. The molecule has 0 radical (unpaired) electrons. The number of H-pyrrole nitrogens is 1. The normalized spacial score (nSPS) is 26.4. The summed E-state index contributed by atoms with van der Waals surface area (Å²) in [6.07, 6.45) is -2.02. The predicted molar refractivity (Wildman–Crippen MR) is 69.2 cm³/mol. The highest BCUT2D eigenvalue weighted by Crippen LogP contribution is 2.33. The van der Waals surface area contributed by atoms with Gasteiger partial charge in [-0.05, 0) is 11.6 Å². The lowest BCUT2D eigenvalue weighted by atomic mass is 10.2. The van der Waals surface area contributed by atoms with Crippen LogP contribution in [0, 0.1) is 0 Å². The van der Waals surface area contributed by atoms with Gasteiger partial charge in [-0.3, -0.25) is 14.3 Å². The van der Waals surface area contributed by atoms with Crippen molar-refractivity contribution in [3.63, 3.8) is 0 Å². The molecule has 20 heavy (non-hydrogen) atoms. The molecule has 2 aromatic heterocycles. The average molecular weight is 302 g/mol. The monoisotopic (exact) mass is 301 g/mol. The van der Waals surface area contributed by atoms with Crippen molar-refractivity contribution in [2.24, 2.45) is 0 Å². The SMILES string of the molecule is Nc1nc2c(nc(Cl)n2[C@H]2C[C@@H](O)[C@@H](CO)O2)c(=O)[nH]1. The first-order valence-corrected chi connectivity index (χ1v) is 6.26. The number of nitrogens with zero attached hydrogens (tertiary/aromatic N) is 3. The molecule has 10 heteroatoms. The molecule has 0 unspecified atom stereocenters. The van der Waals surface area contributed by atoms with Crippen LogP contribution in [0.4, 0.5) is 5.95 Å². The van der Waals surface area contributed by atoms with E-state index >= 15 is 0 Å². The Kier molecular flexibility index (Phi) is 3.13. The van der Waals surface area contributed by atoms with Crippen LogP contribution < -0.4 is 11.3 Å². The number of aliphatic hydroxyl groups excluding tert-OH is 2. The summed E-state index contributed by atoms with van der Waals surface area (Å²) in [7, 11) is 0. The van der Waals surface area contributed by atoms with E-state index in [1.54, 1.807) is 0 Å². The van der Waals surface area contributed by atoms with E-state index in [1.165, 1.54) is 4.57 Å². The molecule has 2 aromatic rings. The number of aliphatic hydroxyl groups is 2. The first kappa shape index (κ1) is 13.3. The summed E-state index contributed by atoms with van der Waals surface area (Å²) in [5.41, 5.74) is 5.20. The van der Waals surface area contributed by atoms with E-state index in [0.29, 0.717) is 0 Å². The Bertz CT molecular complexity index is 713. The van der Waals surface area contributed by atoms with Gasteiger partial charge in [0, 0.05) is 6.42 Å². The lowest BCUT2D eigenvalue weighted by molar-refractivity contribution is -0.0431. The van der Waals surface area contributed by atoms with Gasteiger partial charge < -0.3 is 20.7 Å². The number of aromatic amines is 1. The number of hydrogen-bond acceptors (Lipinski definition) is 7. The van der Waals surface area contributed by atoms with Gasteiger partial charge in [0.05, 0.1) is 12.7 Å². The van der Waals surface area contributed by atoms with E-state index in [2.05, 4.69) is 15.0 Å². The van der Waals surface area contributed by atoms with Gasteiger partial charge in [-0.15, -0.1) is 0 Å².